The lowest BCUT2D eigenvalue weighted by molar-refractivity contribution is -0.138. The molecular formula is C33H23Cl2F3N2O3. The lowest BCUT2D eigenvalue weighted by Gasteiger charge is -2.12. The van der Waals surface area contributed by atoms with Gasteiger partial charge in [0.1, 0.15) is 17.3 Å². The van der Waals surface area contributed by atoms with Crippen LogP contribution < -0.4 is 4.74 Å². The summed E-state index contributed by atoms with van der Waals surface area (Å²) < 4.78 is 47.0. The van der Waals surface area contributed by atoms with E-state index < -0.39 is 23.3 Å². The van der Waals surface area contributed by atoms with E-state index in [0.717, 1.165) is 52.4 Å². The van der Waals surface area contributed by atoms with E-state index in [2.05, 4.69) is 0 Å². The van der Waals surface area contributed by atoms with E-state index in [1.807, 2.05) is 72.3 Å². The van der Waals surface area contributed by atoms with Crippen molar-refractivity contribution in [3.05, 3.63) is 124 Å². The van der Waals surface area contributed by atoms with E-state index in [1.165, 1.54) is 0 Å². The average Bonchev–Trinajstić information content (AvgIpc) is 3.39. The zero-order valence-electron chi connectivity index (χ0n) is 22.6. The van der Waals surface area contributed by atoms with Gasteiger partial charge in [0, 0.05) is 23.3 Å². The molecule has 1 aromatic heterocycles. The van der Waals surface area contributed by atoms with Gasteiger partial charge in [-0.15, -0.1) is 0 Å². The van der Waals surface area contributed by atoms with Crippen LogP contribution in [0.5, 0.6) is 11.5 Å². The highest BCUT2D eigenvalue weighted by Crippen LogP contribution is 2.35. The van der Waals surface area contributed by atoms with Gasteiger partial charge in [0.05, 0.1) is 21.8 Å². The van der Waals surface area contributed by atoms with Gasteiger partial charge in [-0.1, -0.05) is 65.7 Å². The van der Waals surface area contributed by atoms with E-state index in [9.17, 15) is 23.1 Å². The van der Waals surface area contributed by atoms with Crippen LogP contribution in [-0.4, -0.2) is 20.6 Å². The van der Waals surface area contributed by atoms with Crippen LogP contribution in [0.1, 0.15) is 34.2 Å². The standard InChI is InChI=1S/C33H23Cl2F3N2O3/c1-2-40-19-30(26-14-10-23(34)17-29(26)35)39-31(40)16-5-20-3-6-21(7-4-20)22-8-11-24(12-9-22)43-25-13-15-28(33(36,37)38)27(18-25)32(41)42/h3-19H,2H2,1H3,(H,41,42)/b16-5+. The minimum absolute atomic E-state index is 0.0126. The Hall–Kier alpha value is -4.53. The molecule has 0 saturated carbocycles. The molecule has 218 valence electrons. The molecule has 0 bridgehead atoms. The zero-order valence-corrected chi connectivity index (χ0v) is 24.1. The first-order valence-corrected chi connectivity index (χ1v) is 13.8. The molecule has 1 N–H and O–H groups in total. The van der Waals surface area contributed by atoms with Gasteiger partial charge in [0.25, 0.3) is 0 Å². The number of hydrogen-bond acceptors (Lipinski definition) is 3. The number of nitrogens with zero attached hydrogens (tertiary/aromatic N) is 2. The fraction of sp³-hybridized carbons (Fsp3) is 0.0909. The number of rotatable bonds is 8. The predicted octanol–water partition coefficient (Wildman–Crippen LogP) is 10.2. The molecule has 0 spiro atoms. The van der Waals surface area contributed by atoms with Gasteiger partial charge in [0.2, 0.25) is 0 Å². The quantitative estimate of drug-likeness (QED) is 0.187. The highest BCUT2D eigenvalue weighted by atomic mass is 35.5. The summed E-state index contributed by atoms with van der Waals surface area (Å²) in [5.74, 6) is -0.562. The van der Waals surface area contributed by atoms with Crippen LogP contribution >= 0.6 is 23.2 Å². The second-order valence-electron chi connectivity index (χ2n) is 9.49. The summed E-state index contributed by atoms with van der Waals surface area (Å²) in [6.07, 6.45) is 1.08. The number of ether oxygens (including phenoxy) is 1. The molecule has 5 rings (SSSR count). The lowest BCUT2D eigenvalue weighted by Crippen LogP contribution is -2.12. The summed E-state index contributed by atoms with van der Waals surface area (Å²) in [4.78, 5) is 16.1. The van der Waals surface area contributed by atoms with Crippen molar-refractivity contribution in [1.29, 1.82) is 0 Å². The Morgan fingerprint density at radius 1 is 0.907 bits per heavy atom. The molecule has 0 radical (unpaired) electrons. The van der Waals surface area contributed by atoms with Gasteiger partial charge in [0.15, 0.2) is 0 Å². The summed E-state index contributed by atoms with van der Waals surface area (Å²) in [6, 6.07) is 22.8. The molecule has 0 aliphatic rings. The molecule has 10 heteroatoms. The number of aromatic carboxylic acids is 1. The number of imidazole rings is 1. The fourth-order valence-corrected chi connectivity index (χ4v) is 4.97. The molecule has 4 aromatic carbocycles. The van der Waals surface area contributed by atoms with Crippen molar-refractivity contribution in [3.63, 3.8) is 0 Å². The van der Waals surface area contributed by atoms with E-state index >= 15 is 0 Å². The van der Waals surface area contributed by atoms with Gasteiger partial charge in [-0.2, -0.15) is 13.2 Å². The molecule has 0 unspecified atom stereocenters. The van der Waals surface area contributed by atoms with Crippen molar-refractivity contribution >= 4 is 41.3 Å². The first-order chi connectivity index (χ1) is 20.5. The molecule has 5 nitrogen and oxygen atoms in total. The summed E-state index contributed by atoms with van der Waals surface area (Å²) >= 11 is 12.4. The monoisotopic (exact) mass is 622 g/mol. The summed E-state index contributed by atoms with van der Waals surface area (Å²) in [5, 5.41) is 10.3. The minimum Gasteiger partial charge on any atom is -0.478 e. The smallest absolute Gasteiger partial charge is 0.417 e. The molecule has 1 heterocycles. The van der Waals surface area contributed by atoms with E-state index in [0.29, 0.717) is 21.9 Å². The van der Waals surface area contributed by atoms with Crippen LogP contribution in [-0.2, 0) is 12.7 Å². The van der Waals surface area contributed by atoms with Crippen molar-refractivity contribution in [3.8, 4) is 33.9 Å². The first kappa shape index (κ1) is 29.9. The topological polar surface area (TPSA) is 64.4 Å². The van der Waals surface area contributed by atoms with E-state index in [4.69, 9.17) is 32.9 Å². The SMILES string of the molecule is CCn1cc(-c2ccc(Cl)cc2Cl)nc1/C=C/c1ccc(-c2ccc(Oc3ccc(C(F)(F)F)c(C(=O)O)c3)cc2)cc1. The van der Waals surface area contributed by atoms with Gasteiger partial charge in [-0.25, -0.2) is 9.78 Å². The number of benzene rings is 4. The van der Waals surface area contributed by atoms with Crippen molar-refractivity contribution in [1.82, 2.24) is 9.55 Å². The third-order valence-corrected chi connectivity index (χ3v) is 7.19. The number of hydrogen-bond donors (Lipinski definition) is 1. The summed E-state index contributed by atoms with van der Waals surface area (Å²) in [6.45, 7) is 2.77. The molecule has 0 aliphatic heterocycles. The summed E-state index contributed by atoms with van der Waals surface area (Å²) in [7, 11) is 0. The number of halogens is 5. The normalized spacial score (nSPS) is 11.7. The van der Waals surface area contributed by atoms with Crippen molar-refractivity contribution in [2.45, 2.75) is 19.6 Å². The molecule has 0 atom stereocenters. The summed E-state index contributed by atoms with van der Waals surface area (Å²) in [5.41, 5.74) is 2.26. The molecular weight excluding hydrogens is 600 g/mol. The van der Waals surface area contributed by atoms with Crippen LogP contribution in [0, 0.1) is 0 Å². The number of aryl methyl sites for hydroxylation is 1. The highest BCUT2D eigenvalue weighted by Gasteiger charge is 2.35. The number of carboxylic acid groups (broad SMARTS) is 1. The molecule has 0 saturated heterocycles. The molecule has 0 aliphatic carbocycles. The maximum absolute atomic E-state index is 13.1. The van der Waals surface area contributed by atoms with Crippen molar-refractivity contribution in [2.75, 3.05) is 0 Å². The third kappa shape index (κ3) is 6.93. The molecule has 0 fully saturated rings. The van der Waals surface area contributed by atoms with Gasteiger partial charge >= 0.3 is 12.1 Å². The van der Waals surface area contributed by atoms with Crippen LogP contribution in [0.2, 0.25) is 10.0 Å². The minimum atomic E-state index is -4.78. The number of aromatic nitrogens is 2. The Balaban J connectivity index is 1.28. The van der Waals surface area contributed by atoms with Gasteiger partial charge in [-0.05, 0) is 78.2 Å². The predicted molar refractivity (Wildman–Crippen MR) is 163 cm³/mol. The fourth-order valence-electron chi connectivity index (χ4n) is 4.46. The Labute approximate surface area is 255 Å². The van der Waals surface area contributed by atoms with Crippen LogP contribution in [0.4, 0.5) is 13.2 Å². The van der Waals surface area contributed by atoms with Crippen molar-refractivity contribution in [2.24, 2.45) is 0 Å². The van der Waals surface area contributed by atoms with Gasteiger partial charge in [-0.3, -0.25) is 0 Å². The van der Waals surface area contributed by atoms with Crippen LogP contribution in [0.3, 0.4) is 0 Å². The second-order valence-corrected chi connectivity index (χ2v) is 10.3. The maximum atomic E-state index is 13.1. The largest absolute Gasteiger partial charge is 0.478 e. The Bertz CT molecular complexity index is 1810. The Morgan fingerprint density at radius 2 is 1.56 bits per heavy atom. The molecule has 5 aromatic rings. The third-order valence-electron chi connectivity index (χ3n) is 6.64. The number of carboxylic acids is 1. The Kier molecular flexibility index (Phi) is 8.62. The lowest BCUT2D eigenvalue weighted by atomic mass is 10.0. The first-order valence-electron chi connectivity index (χ1n) is 13.1. The molecule has 0 amide bonds. The van der Waals surface area contributed by atoms with E-state index in [-0.39, 0.29) is 5.75 Å². The van der Waals surface area contributed by atoms with Gasteiger partial charge < -0.3 is 14.4 Å². The highest BCUT2D eigenvalue weighted by molar-refractivity contribution is 6.36. The number of alkyl halides is 3. The van der Waals surface area contributed by atoms with Crippen molar-refractivity contribution < 1.29 is 27.8 Å². The Morgan fingerprint density at radius 3 is 2.16 bits per heavy atom. The van der Waals surface area contributed by atoms with Crippen LogP contribution in [0.25, 0.3) is 34.5 Å². The van der Waals surface area contributed by atoms with E-state index in [1.54, 1.807) is 24.3 Å². The average molecular weight is 623 g/mol. The zero-order chi connectivity index (χ0) is 30.7. The molecule has 43 heavy (non-hydrogen) atoms. The maximum Gasteiger partial charge on any atom is 0.417 e. The second kappa shape index (κ2) is 12.4. The number of carbonyl (C=O) groups is 1. The van der Waals surface area contributed by atoms with Crippen LogP contribution in [0.15, 0.2) is 91.1 Å².